The van der Waals surface area contributed by atoms with Gasteiger partial charge in [0, 0.05) is 0 Å². The van der Waals surface area contributed by atoms with Crippen molar-refractivity contribution in [3.63, 3.8) is 0 Å². The summed E-state index contributed by atoms with van der Waals surface area (Å²) in [5.74, 6) is -0.210. The zero-order chi connectivity index (χ0) is 6.85. The van der Waals surface area contributed by atoms with Gasteiger partial charge in [0.05, 0.1) is 0 Å². The highest BCUT2D eigenvalue weighted by Gasteiger charge is 1.93. The lowest BCUT2D eigenvalue weighted by atomic mass is 10.7. The Labute approximate surface area is 49.9 Å². The summed E-state index contributed by atoms with van der Waals surface area (Å²) in [4.78, 5) is 12.6. The molecule has 1 rings (SSSR count). The number of aromatic amines is 1. The Morgan fingerprint density at radius 1 is 1.33 bits per heavy atom. The van der Waals surface area contributed by atoms with Gasteiger partial charge in [-0.2, -0.15) is 0 Å². The van der Waals surface area contributed by atoms with Crippen LogP contribution in [0.15, 0.2) is 4.79 Å². The van der Waals surface area contributed by atoms with Gasteiger partial charge < -0.3 is 11.5 Å². The zero-order valence-corrected chi connectivity index (χ0v) is 4.46. The van der Waals surface area contributed by atoms with Crippen LogP contribution in [0, 0.1) is 0 Å². The molecule has 0 saturated heterocycles. The van der Waals surface area contributed by atoms with E-state index in [1.165, 1.54) is 0 Å². The smallest absolute Gasteiger partial charge is 0.295 e. The minimum atomic E-state index is -0.512. The molecule has 1 aromatic heterocycles. The molecule has 0 aliphatic rings. The van der Waals surface area contributed by atoms with Gasteiger partial charge in [0.25, 0.3) is 5.56 Å². The maximum atomic E-state index is 10.5. The molecule has 0 saturated carbocycles. The second-order valence-corrected chi connectivity index (χ2v) is 1.42. The fourth-order valence-electron chi connectivity index (χ4n) is 0.359. The van der Waals surface area contributed by atoms with Crippen molar-refractivity contribution in [3.05, 3.63) is 10.4 Å². The Hall–Kier alpha value is -1.59. The van der Waals surface area contributed by atoms with Crippen LogP contribution in [0.4, 0.5) is 11.8 Å². The fourth-order valence-corrected chi connectivity index (χ4v) is 0.359. The topological polar surface area (TPSA) is 111 Å². The van der Waals surface area contributed by atoms with Crippen molar-refractivity contribution in [2.45, 2.75) is 0 Å². The Morgan fingerprint density at radius 3 is 2.44 bits per heavy atom. The van der Waals surface area contributed by atoms with Crippen molar-refractivity contribution in [1.29, 1.82) is 0 Å². The van der Waals surface area contributed by atoms with Crippen LogP contribution in [0.2, 0.25) is 0 Å². The van der Waals surface area contributed by atoms with E-state index in [-0.39, 0.29) is 11.8 Å². The van der Waals surface area contributed by atoms with Crippen molar-refractivity contribution in [2.75, 3.05) is 11.5 Å². The second kappa shape index (κ2) is 1.73. The predicted molar refractivity (Wildman–Crippen MR) is 31.5 cm³/mol. The lowest BCUT2D eigenvalue weighted by Crippen LogP contribution is -2.17. The van der Waals surface area contributed by atoms with Gasteiger partial charge in [0.1, 0.15) is 0 Å². The number of aromatic nitrogens is 3. The standard InChI is InChI=1S/C3H5N5O/c4-1-2(9)6-3(5)8-7-1/h(H2,4,7)(H3,5,6,8,9). The van der Waals surface area contributed by atoms with Crippen LogP contribution in [0.1, 0.15) is 0 Å². The van der Waals surface area contributed by atoms with Crippen molar-refractivity contribution >= 4 is 11.8 Å². The first-order chi connectivity index (χ1) is 4.20. The Bertz CT molecular complexity index is 265. The summed E-state index contributed by atoms with van der Waals surface area (Å²) in [7, 11) is 0. The Morgan fingerprint density at radius 2 is 2.00 bits per heavy atom. The lowest BCUT2D eigenvalue weighted by Gasteiger charge is -1.88. The highest BCUT2D eigenvalue weighted by molar-refractivity contribution is 5.24. The summed E-state index contributed by atoms with van der Waals surface area (Å²) >= 11 is 0. The third-order valence-corrected chi connectivity index (χ3v) is 0.740. The summed E-state index contributed by atoms with van der Waals surface area (Å²) < 4.78 is 0. The van der Waals surface area contributed by atoms with Gasteiger partial charge in [-0.1, -0.05) is 0 Å². The maximum Gasteiger partial charge on any atom is 0.295 e. The van der Waals surface area contributed by atoms with Crippen LogP contribution in [0.3, 0.4) is 0 Å². The van der Waals surface area contributed by atoms with Gasteiger partial charge in [-0.05, 0) is 0 Å². The molecule has 5 N–H and O–H groups in total. The van der Waals surface area contributed by atoms with Gasteiger partial charge in [-0.15, -0.1) is 10.2 Å². The number of hydrogen-bond acceptors (Lipinski definition) is 5. The first-order valence-corrected chi connectivity index (χ1v) is 2.18. The molecule has 0 aromatic carbocycles. The highest BCUT2D eigenvalue weighted by Crippen LogP contribution is 1.81. The van der Waals surface area contributed by atoms with Gasteiger partial charge in [0.2, 0.25) is 11.8 Å². The molecule has 6 heteroatoms. The molecule has 48 valence electrons. The van der Waals surface area contributed by atoms with Crippen molar-refractivity contribution in [3.8, 4) is 0 Å². The van der Waals surface area contributed by atoms with Crippen molar-refractivity contribution in [2.24, 2.45) is 0 Å². The number of nitrogens with zero attached hydrogens (tertiary/aromatic N) is 2. The minimum absolute atomic E-state index is 0.0331. The summed E-state index contributed by atoms with van der Waals surface area (Å²) in [5, 5.41) is 6.52. The van der Waals surface area contributed by atoms with E-state index in [4.69, 9.17) is 11.5 Å². The van der Waals surface area contributed by atoms with Crippen LogP contribution in [0.5, 0.6) is 0 Å². The van der Waals surface area contributed by atoms with E-state index in [0.29, 0.717) is 0 Å². The Balaban J connectivity index is 3.34. The first-order valence-electron chi connectivity index (χ1n) is 2.18. The molecule has 0 bridgehead atoms. The highest BCUT2D eigenvalue weighted by atomic mass is 16.1. The number of H-pyrrole nitrogens is 1. The summed E-state index contributed by atoms with van der Waals surface area (Å²) in [6.07, 6.45) is 0. The summed E-state index contributed by atoms with van der Waals surface area (Å²) in [6.45, 7) is 0. The molecule has 0 aliphatic heterocycles. The molecular weight excluding hydrogens is 122 g/mol. The summed E-state index contributed by atoms with van der Waals surface area (Å²) in [5.41, 5.74) is 9.55. The maximum absolute atomic E-state index is 10.5. The van der Waals surface area contributed by atoms with E-state index in [0.717, 1.165) is 0 Å². The van der Waals surface area contributed by atoms with Gasteiger partial charge >= 0.3 is 0 Å². The normalized spacial score (nSPS) is 9.33. The molecule has 0 spiro atoms. The van der Waals surface area contributed by atoms with E-state index in [9.17, 15) is 4.79 Å². The van der Waals surface area contributed by atoms with E-state index < -0.39 is 5.56 Å². The number of anilines is 2. The zero-order valence-electron chi connectivity index (χ0n) is 4.46. The SMILES string of the molecule is Nc1nnc(N)c(=O)[nH]1. The van der Waals surface area contributed by atoms with Crippen molar-refractivity contribution < 1.29 is 0 Å². The second-order valence-electron chi connectivity index (χ2n) is 1.42. The monoisotopic (exact) mass is 127 g/mol. The number of hydrogen-bond donors (Lipinski definition) is 3. The van der Waals surface area contributed by atoms with E-state index >= 15 is 0 Å². The molecule has 9 heavy (non-hydrogen) atoms. The molecule has 0 amide bonds. The van der Waals surface area contributed by atoms with Crippen LogP contribution < -0.4 is 17.0 Å². The molecule has 0 unspecified atom stereocenters. The predicted octanol–water partition coefficient (Wildman–Crippen LogP) is -1.67. The molecule has 0 aliphatic carbocycles. The van der Waals surface area contributed by atoms with Crippen LogP contribution in [-0.2, 0) is 0 Å². The van der Waals surface area contributed by atoms with E-state index in [1.807, 2.05) is 0 Å². The molecule has 1 heterocycles. The molecule has 0 atom stereocenters. The van der Waals surface area contributed by atoms with Gasteiger partial charge in [-0.3, -0.25) is 9.78 Å². The molecule has 1 aromatic rings. The van der Waals surface area contributed by atoms with Crippen LogP contribution >= 0.6 is 0 Å². The number of nitrogen functional groups attached to an aromatic ring is 2. The van der Waals surface area contributed by atoms with E-state index in [1.54, 1.807) is 0 Å². The number of rotatable bonds is 0. The molecular formula is C3H5N5O. The number of nitrogens with two attached hydrogens (primary N) is 2. The first kappa shape index (κ1) is 5.54. The number of nitrogens with one attached hydrogen (secondary N) is 1. The van der Waals surface area contributed by atoms with Gasteiger partial charge in [-0.25, -0.2) is 0 Å². The Kier molecular flexibility index (Phi) is 1.07. The van der Waals surface area contributed by atoms with Crippen LogP contribution in [-0.4, -0.2) is 15.2 Å². The summed E-state index contributed by atoms with van der Waals surface area (Å²) in [6, 6.07) is 0. The molecule has 6 nitrogen and oxygen atoms in total. The average molecular weight is 127 g/mol. The third-order valence-electron chi connectivity index (χ3n) is 0.740. The largest absolute Gasteiger partial charge is 0.378 e. The molecule has 0 radical (unpaired) electrons. The quantitative estimate of drug-likeness (QED) is 0.386. The van der Waals surface area contributed by atoms with Crippen LogP contribution in [0.25, 0.3) is 0 Å². The van der Waals surface area contributed by atoms with Gasteiger partial charge in [0.15, 0.2) is 0 Å². The lowest BCUT2D eigenvalue weighted by molar-refractivity contribution is 0.973. The molecule has 0 fully saturated rings. The van der Waals surface area contributed by atoms with E-state index in [2.05, 4.69) is 15.2 Å². The minimum Gasteiger partial charge on any atom is -0.378 e. The fraction of sp³-hybridized carbons (Fsp3) is 0. The third kappa shape index (κ3) is 0.958. The van der Waals surface area contributed by atoms with Crippen molar-refractivity contribution in [1.82, 2.24) is 15.2 Å². The average Bonchev–Trinajstić information content (AvgIpc) is 1.80.